The normalized spacial score (nSPS) is 21.4. The first-order chi connectivity index (χ1) is 7.15. The van der Waals surface area contributed by atoms with Gasteiger partial charge in [-0.2, -0.15) is 4.98 Å². The molecule has 16 heavy (non-hydrogen) atoms. The van der Waals surface area contributed by atoms with Gasteiger partial charge in [-0.05, 0) is 6.42 Å². The van der Waals surface area contributed by atoms with Gasteiger partial charge >= 0.3 is 0 Å². The average molecular weight is 247 g/mol. The van der Waals surface area contributed by atoms with Crippen LogP contribution >= 0.6 is 12.4 Å². The van der Waals surface area contributed by atoms with Crippen LogP contribution in [0.4, 0.5) is 0 Å². The minimum absolute atomic E-state index is 0. The van der Waals surface area contributed by atoms with Crippen molar-refractivity contribution in [1.82, 2.24) is 15.0 Å². The van der Waals surface area contributed by atoms with Crippen LogP contribution in [0.15, 0.2) is 4.52 Å². The highest BCUT2D eigenvalue weighted by molar-refractivity contribution is 5.85. The third-order valence-electron chi connectivity index (χ3n) is 2.67. The topological polar surface area (TPSA) is 68.2 Å². The summed E-state index contributed by atoms with van der Waals surface area (Å²) in [6, 6.07) is 0.303. The summed E-state index contributed by atoms with van der Waals surface area (Å²) < 4.78 is 5.18. The molecule has 2 heterocycles. The van der Waals surface area contributed by atoms with Gasteiger partial charge in [-0.3, -0.25) is 4.90 Å². The van der Waals surface area contributed by atoms with Gasteiger partial charge in [0.15, 0.2) is 5.82 Å². The van der Waals surface area contributed by atoms with Crippen LogP contribution in [0.5, 0.6) is 0 Å². The smallest absolute Gasteiger partial charge is 0.240 e. The highest BCUT2D eigenvalue weighted by Crippen LogP contribution is 2.13. The minimum Gasteiger partial charge on any atom is -0.338 e. The molecule has 1 aliphatic heterocycles. The van der Waals surface area contributed by atoms with Gasteiger partial charge in [0.05, 0.1) is 6.54 Å². The van der Waals surface area contributed by atoms with Crippen LogP contribution < -0.4 is 5.73 Å². The van der Waals surface area contributed by atoms with E-state index in [2.05, 4.69) is 28.9 Å². The van der Waals surface area contributed by atoms with E-state index in [-0.39, 0.29) is 12.4 Å². The van der Waals surface area contributed by atoms with Crippen molar-refractivity contribution in [2.75, 3.05) is 13.1 Å². The van der Waals surface area contributed by atoms with Gasteiger partial charge in [0, 0.05) is 25.0 Å². The van der Waals surface area contributed by atoms with Crippen LogP contribution in [0, 0.1) is 0 Å². The Kier molecular flexibility index (Phi) is 4.70. The Bertz CT molecular complexity index is 328. The van der Waals surface area contributed by atoms with E-state index in [1.54, 1.807) is 0 Å². The molecule has 0 spiro atoms. The van der Waals surface area contributed by atoms with E-state index in [0.29, 0.717) is 17.9 Å². The van der Waals surface area contributed by atoms with Gasteiger partial charge < -0.3 is 10.3 Å². The molecule has 1 unspecified atom stereocenters. The summed E-state index contributed by atoms with van der Waals surface area (Å²) in [6.07, 6.45) is 1.06. The van der Waals surface area contributed by atoms with Gasteiger partial charge in [-0.15, -0.1) is 12.4 Å². The fraction of sp³-hybridized carbons (Fsp3) is 0.800. The Hall–Kier alpha value is -0.650. The highest BCUT2D eigenvalue weighted by Gasteiger charge is 2.21. The van der Waals surface area contributed by atoms with Crippen molar-refractivity contribution in [3.63, 3.8) is 0 Å². The predicted molar refractivity (Wildman–Crippen MR) is 63.5 cm³/mol. The van der Waals surface area contributed by atoms with E-state index < -0.39 is 0 Å². The highest BCUT2D eigenvalue weighted by atomic mass is 35.5. The van der Waals surface area contributed by atoms with E-state index >= 15 is 0 Å². The summed E-state index contributed by atoms with van der Waals surface area (Å²) in [5, 5.41) is 3.93. The van der Waals surface area contributed by atoms with Gasteiger partial charge in [0.2, 0.25) is 5.89 Å². The van der Waals surface area contributed by atoms with Gasteiger partial charge in [0.25, 0.3) is 0 Å². The van der Waals surface area contributed by atoms with Crippen LogP contribution in [0.25, 0.3) is 0 Å². The molecule has 1 saturated heterocycles. The number of hydrogen-bond acceptors (Lipinski definition) is 5. The predicted octanol–water partition coefficient (Wildman–Crippen LogP) is 1.15. The zero-order valence-corrected chi connectivity index (χ0v) is 10.5. The van der Waals surface area contributed by atoms with Crippen LogP contribution in [0.3, 0.4) is 0 Å². The summed E-state index contributed by atoms with van der Waals surface area (Å²) in [5.74, 6) is 1.81. The molecule has 0 saturated carbocycles. The number of likely N-dealkylation sites (tertiary alicyclic amines) is 1. The molecule has 6 heteroatoms. The quantitative estimate of drug-likeness (QED) is 0.867. The Morgan fingerprint density at radius 2 is 2.31 bits per heavy atom. The van der Waals surface area contributed by atoms with E-state index in [4.69, 9.17) is 10.3 Å². The van der Waals surface area contributed by atoms with Crippen molar-refractivity contribution in [2.24, 2.45) is 5.73 Å². The molecule has 0 aromatic carbocycles. The van der Waals surface area contributed by atoms with Crippen molar-refractivity contribution >= 4 is 12.4 Å². The maximum Gasteiger partial charge on any atom is 0.240 e. The first kappa shape index (κ1) is 13.4. The lowest BCUT2D eigenvalue weighted by Crippen LogP contribution is -2.26. The van der Waals surface area contributed by atoms with Crippen LogP contribution in [0.2, 0.25) is 0 Å². The van der Waals surface area contributed by atoms with Crippen LogP contribution in [-0.2, 0) is 6.54 Å². The summed E-state index contributed by atoms with van der Waals surface area (Å²) in [5.41, 5.74) is 5.82. The number of nitrogens with two attached hydrogens (primary N) is 1. The van der Waals surface area contributed by atoms with E-state index in [1.807, 2.05) is 0 Å². The Morgan fingerprint density at radius 1 is 1.56 bits per heavy atom. The molecule has 0 aliphatic carbocycles. The van der Waals surface area contributed by atoms with E-state index in [1.165, 1.54) is 0 Å². The number of nitrogens with zero attached hydrogens (tertiary/aromatic N) is 3. The summed E-state index contributed by atoms with van der Waals surface area (Å²) >= 11 is 0. The maximum absolute atomic E-state index is 5.82. The molecule has 5 nitrogen and oxygen atoms in total. The van der Waals surface area contributed by atoms with Crippen molar-refractivity contribution in [1.29, 1.82) is 0 Å². The first-order valence-corrected chi connectivity index (χ1v) is 5.45. The molecule has 1 aliphatic rings. The monoisotopic (exact) mass is 246 g/mol. The lowest BCUT2D eigenvalue weighted by atomic mass is 10.2. The SMILES string of the molecule is CC(C)c1noc(CN2CCC(N)C2)n1.Cl. The molecule has 1 aromatic heterocycles. The Balaban J connectivity index is 0.00000128. The van der Waals surface area contributed by atoms with Crippen molar-refractivity contribution in [2.45, 2.75) is 38.8 Å². The lowest BCUT2D eigenvalue weighted by molar-refractivity contribution is 0.265. The van der Waals surface area contributed by atoms with Gasteiger partial charge in [-0.1, -0.05) is 19.0 Å². The standard InChI is InChI=1S/C10H18N4O.ClH/c1-7(2)10-12-9(15-13-10)6-14-4-3-8(11)5-14;/h7-8H,3-6,11H2,1-2H3;1H. The fourth-order valence-electron chi connectivity index (χ4n) is 1.76. The van der Waals surface area contributed by atoms with Crippen LogP contribution in [-0.4, -0.2) is 34.2 Å². The molecule has 92 valence electrons. The summed E-state index contributed by atoms with van der Waals surface area (Å²) in [4.78, 5) is 6.59. The van der Waals surface area contributed by atoms with E-state index in [9.17, 15) is 0 Å². The molecule has 2 N–H and O–H groups in total. The van der Waals surface area contributed by atoms with Gasteiger partial charge in [0.1, 0.15) is 0 Å². The molecule has 0 radical (unpaired) electrons. The molecule has 0 bridgehead atoms. The van der Waals surface area contributed by atoms with Crippen molar-refractivity contribution in [3.8, 4) is 0 Å². The zero-order valence-electron chi connectivity index (χ0n) is 9.72. The minimum atomic E-state index is 0. The average Bonchev–Trinajstić information content (AvgIpc) is 2.76. The summed E-state index contributed by atoms with van der Waals surface area (Å²) in [7, 11) is 0. The number of hydrogen-bond donors (Lipinski definition) is 1. The second-order valence-electron chi connectivity index (χ2n) is 4.48. The first-order valence-electron chi connectivity index (χ1n) is 5.45. The second kappa shape index (κ2) is 5.61. The molecular formula is C10H19ClN4O. The number of aromatic nitrogens is 2. The molecule has 2 rings (SSSR count). The van der Waals surface area contributed by atoms with E-state index in [0.717, 1.165) is 31.9 Å². The Labute approximate surface area is 102 Å². The van der Waals surface area contributed by atoms with Crippen molar-refractivity contribution in [3.05, 3.63) is 11.7 Å². The molecule has 1 fully saturated rings. The number of halogens is 1. The van der Waals surface area contributed by atoms with Crippen LogP contribution in [0.1, 0.15) is 37.9 Å². The molecule has 1 aromatic rings. The lowest BCUT2D eigenvalue weighted by Gasteiger charge is -2.10. The number of rotatable bonds is 3. The zero-order chi connectivity index (χ0) is 10.8. The third kappa shape index (κ3) is 3.17. The van der Waals surface area contributed by atoms with Crippen molar-refractivity contribution < 1.29 is 4.52 Å². The molecular weight excluding hydrogens is 228 g/mol. The molecule has 0 amide bonds. The third-order valence-corrected chi connectivity index (χ3v) is 2.67. The largest absolute Gasteiger partial charge is 0.338 e. The fourth-order valence-corrected chi connectivity index (χ4v) is 1.76. The maximum atomic E-state index is 5.82. The summed E-state index contributed by atoms with van der Waals surface area (Å²) in [6.45, 7) is 6.80. The Morgan fingerprint density at radius 3 is 2.81 bits per heavy atom. The molecule has 1 atom stereocenters. The van der Waals surface area contributed by atoms with Gasteiger partial charge in [-0.25, -0.2) is 0 Å². The second-order valence-corrected chi connectivity index (χ2v) is 4.48.